The zero-order chi connectivity index (χ0) is 12.1. The van der Waals surface area contributed by atoms with Gasteiger partial charge in [-0.05, 0) is 19.9 Å². The van der Waals surface area contributed by atoms with Crippen molar-refractivity contribution >= 4 is 0 Å². The maximum absolute atomic E-state index is 12.2. The van der Waals surface area contributed by atoms with Gasteiger partial charge in [0.05, 0.1) is 5.92 Å². The molecule has 0 aromatic carbocycles. The predicted octanol–water partition coefficient (Wildman–Crippen LogP) is 3.70. The summed E-state index contributed by atoms with van der Waals surface area (Å²) in [5, 5.41) is 0. The number of halogens is 3. The van der Waals surface area contributed by atoms with Crippen LogP contribution in [0.25, 0.3) is 0 Å². The Bertz CT molecular complexity index is 168. The highest BCUT2D eigenvalue weighted by Gasteiger charge is 2.45. The average Bonchev–Trinajstić information content (AvgIpc) is 2.47. The minimum atomic E-state index is -4.00. The van der Waals surface area contributed by atoms with Crippen LogP contribution in [0.2, 0.25) is 0 Å². The van der Waals surface area contributed by atoms with Gasteiger partial charge in [0, 0.05) is 12.6 Å². The maximum Gasteiger partial charge on any atom is 0.393 e. The third-order valence-corrected chi connectivity index (χ3v) is 2.57. The van der Waals surface area contributed by atoms with Crippen LogP contribution in [-0.4, -0.2) is 30.2 Å². The van der Waals surface area contributed by atoms with Gasteiger partial charge in [0.2, 0.25) is 0 Å². The molecule has 0 aromatic rings. The summed E-state index contributed by atoms with van der Waals surface area (Å²) < 4.78 is 36.7. The van der Waals surface area contributed by atoms with Crippen LogP contribution in [0, 0.1) is 5.92 Å². The molecule has 92 valence electrons. The Kier molecular flexibility index (Phi) is 6.25. The Balaban J connectivity index is 0.000000583. The normalized spacial score (nSPS) is 27.4. The van der Waals surface area contributed by atoms with Crippen LogP contribution in [0.3, 0.4) is 0 Å². The van der Waals surface area contributed by atoms with Gasteiger partial charge in [-0.15, -0.1) is 0 Å². The molecule has 4 heteroatoms. The largest absolute Gasteiger partial charge is 0.393 e. The van der Waals surface area contributed by atoms with E-state index in [4.69, 9.17) is 0 Å². The number of hydrogen-bond acceptors (Lipinski definition) is 1. The fraction of sp³-hybridized carbons (Fsp3) is 1.00. The highest BCUT2D eigenvalue weighted by atomic mass is 19.4. The molecule has 0 saturated carbocycles. The van der Waals surface area contributed by atoms with Crippen molar-refractivity contribution in [2.45, 2.75) is 52.8 Å². The fourth-order valence-corrected chi connectivity index (χ4v) is 1.78. The lowest BCUT2D eigenvalue weighted by molar-refractivity contribution is -0.170. The molecule has 0 radical (unpaired) electrons. The van der Waals surface area contributed by atoms with Gasteiger partial charge in [0.25, 0.3) is 0 Å². The minimum Gasteiger partial charge on any atom is -0.300 e. The van der Waals surface area contributed by atoms with Crippen molar-refractivity contribution in [1.82, 2.24) is 4.90 Å². The lowest BCUT2D eigenvalue weighted by Crippen LogP contribution is -2.29. The SMILES string of the molecule is CCC.CCN1CC(C(F)(F)F)CC1C. The summed E-state index contributed by atoms with van der Waals surface area (Å²) in [6, 6.07) is 0.0848. The van der Waals surface area contributed by atoms with Crippen molar-refractivity contribution in [3.05, 3.63) is 0 Å². The van der Waals surface area contributed by atoms with Gasteiger partial charge in [0.15, 0.2) is 0 Å². The molecule has 0 aromatic heterocycles. The van der Waals surface area contributed by atoms with Gasteiger partial charge in [-0.2, -0.15) is 13.2 Å². The maximum atomic E-state index is 12.2. The standard InChI is InChI=1S/C8H14F3N.C3H8/c1-3-12-5-7(4-6(12)2)8(9,10)11;1-3-2/h6-7H,3-5H2,1-2H3;3H2,1-2H3. The van der Waals surface area contributed by atoms with E-state index in [0.29, 0.717) is 6.54 Å². The second-order valence-electron chi connectivity index (χ2n) is 4.12. The molecule has 2 atom stereocenters. The Morgan fingerprint density at radius 3 is 1.87 bits per heavy atom. The first-order chi connectivity index (χ1) is 6.86. The van der Waals surface area contributed by atoms with E-state index in [2.05, 4.69) is 13.8 Å². The van der Waals surface area contributed by atoms with Crippen LogP contribution in [0.1, 0.15) is 40.5 Å². The summed E-state index contributed by atoms with van der Waals surface area (Å²) in [6.07, 6.45) is -2.49. The van der Waals surface area contributed by atoms with Gasteiger partial charge in [-0.1, -0.05) is 27.2 Å². The Morgan fingerprint density at radius 2 is 1.67 bits per heavy atom. The molecule has 0 N–H and O–H groups in total. The van der Waals surface area contributed by atoms with Crippen molar-refractivity contribution in [3.63, 3.8) is 0 Å². The van der Waals surface area contributed by atoms with Gasteiger partial charge >= 0.3 is 6.18 Å². The smallest absolute Gasteiger partial charge is 0.300 e. The molecule has 1 saturated heterocycles. The second kappa shape index (κ2) is 6.36. The first-order valence-corrected chi connectivity index (χ1v) is 5.67. The molecule has 0 amide bonds. The van der Waals surface area contributed by atoms with Crippen molar-refractivity contribution in [3.8, 4) is 0 Å². The summed E-state index contributed by atoms with van der Waals surface area (Å²) in [7, 11) is 0. The fourth-order valence-electron chi connectivity index (χ4n) is 1.78. The van der Waals surface area contributed by atoms with Crippen molar-refractivity contribution in [1.29, 1.82) is 0 Å². The summed E-state index contributed by atoms with van der Waals surface area (Å²) in [6.45, 7) is 8.90. The van der Waals surface area contributed by atoms with E-state index in [0.717, 1.165) is 0 Å². The van der Waals surface area contributed by atoms with Crippen LogP contribution in [-0.2, 0) is 0 Å². The molecule has 1 aliphatic rings. The van der Waals surface area contributed by atoms with E-state index in [-0.39, 0.29) is 19.0 Å². The van der Waals surface area contributed by atoms with Crippen LogP contribution >= 0.6 is 0 Å². The van der Waals surface area contributed by atoms with Gasteiger partial charge in [-0.25, -0.2) is 0 Å². The van der Waals surface area contributed by atoms with E-state index in [1.54, 1.807) is 0 Å². The van der Waals surface area contributed by atoms with Crippen LogP contribution < -0.4 is 0 Å². The highest BCUT2D eigenvalue weighted by Crippen LogP contribution is 2.35. The monoisotopic (exact) mass is 225 g/mol. The van der Waals surface area contributed by atoms with Crippen LogP contribution in [0.4, 0.5) is 13.2 Å². The molecule has 0 bridgehead atoms. The topological polar surface area (TPSA) is 3.24 Å². The molecular formula is C11H22F3N. The predicted molar refractivity (Wildman–Crippen MR) is 56.8 cm³/mol. The molecule has 15 heavy (non-hydrogen) atoms. The molecule has 1 aliphatic heterocycles. The van der Waals surface area contributed by atoms with Gasteiger partial charge in [-0.3, -0.25) is 0 Å². The van der Waals surface area contributed by atoms with E-state index in [9.17, 15) is 13.2 Å². The highest BCUT2D eigenvalue weighted by molar-refractivity contribution is 4.85. The summed E-state index contributed by atoms with van der Waals surface area (Å²) in [5.41, 5.74) is 0. The lowest BCUT2D eigenvalue weighted by Gasteiger charge is -2.18. The molecule has 1 nitrogen and oxygen atoms in total. The Labute approximate surface area is 90.6 Å². The van der Waals surface area contributed by atoms with E-state index >= 15 is 0 Å². The Hall–Kier alpha value is -0.250. The van der Waals surface area contributed by atoms with Gasteiger partial charge in [0.1, 0.15) is 0 Å². The molecule has 1 heterocycles. The average molecular weight is 225 g/mol. The number of alkyl halides is 3. The van der Waals surface area contributed by atoms with E-state index in [1.165, 1.54) is 6.42 Å². The quantitative estimate of drug-likeness (QED) is 0.657. The first kappa shape index (κ1) is 14.8. The van der Waals surface area contributed by atoms with Crippen molar-refractivity contribution < 1.29 is 13.2 Å². The Morgan fingerprint density at radius 1 is 1.20 bits per heavy atom. The number of nitrogens with zero attached hydrogens (tertiary/aromatic N) is 1. The van der Waals surface area contributed by atoms with E-state index < -0.39 is 12.1 Å². The number of rotatable bonds is 1. The minimum absolute atomic E-state index is 0.0848. The third kappa shape index (κ3) is 4.87. The molecule has 2 unspecified atom stereocenters. The molecule has 0 aliphatic carbocycles. The molecule has 1 fully saturated rings. The second-order valence-corrected chi connectivity index (χ2v) is 4.12. The van der Waals surface area contributed by atoms with Crippen molar-refractivity contribution in [2.75, 3.05) is 13.1 Å². The first-order valence-electron chi connectivity index (χ1n) is 5.67. The zero-order valence-corrected chi connectivity index (χ0v) is 10.1. The van der Waals surface area contributed by atoms with Gasteiger partial charge < -0.3 is 4.90 Å². The number of likely N-dealkylation sites (tertiary alicyclic amines) is 1. The summed E-state index contributed by atoms with van der Waals surface area (Å²) in [5.74, 6) is -1.10. The summed E-state index contributed by atoms with van der Waals surface area (Å²) in [4.78, 5) is 1.87. The number of hydrogen-bond donors (Lipinski definition) is 0. The lowest BCUT2D eigenvalue weighted by atomic mass is 10.1. The summed E-state index contributed by atoms with van der Waals surface area (Å²) >= 11 is 0. The molecule has 1 rings (SSSR count). The molecular weight excluding hydrogens is 203 g/mol. The zero-order valence-electron chi connectivity index (χ0n) is 10.1. The van der Waals surface area contributed by atoms with Crippen molar-refractivity contribution in [2.24, 2.45) is 5.92 Å². The third-order valence-electron chi connectivity index (χ3n) is 2.57. The van der Waals surface area contributed by atoms with E-state index in [1.807, 2.05) is 18.7 Å². The van der Waals surface area contributed by atoms with Crippen LogP contribution in [0.5, 0.6) is 0 Å². The van der Waals surface area contributed by atoms with Crippen LogP contribution in [0.15, 0.2) is 0 Å². The molecule has 0 spiro atoms.